The normalized spacial score (nSPS) is 11.8. The van der Waals surface area contributed by atoms with Gasteiger partial charge in [0.2, 0.25) is 0 Å². The van der Waals surface area contributed by atoms with Crippen LogP contribution in [0.25, 0.3) is 10.6 Å². The van der Waals surface area contributed by atoms with Crippen molar-refractivity contribution in [3.05, 3.63) is 53.4 Å². The predicted molar refractivity (Wildman–Crippen MR) is 120 cm³/mol. The number of hydrogen-bond donors (Lipinski definition) is 1. The lowest BCUT2D eigenvalue weighted by Gasteiger charge is -2.20. The number of benzene rings is 1. The Bertz CT molecular complexity index is 1040. The van der Waals surface area contributed by atoms with Crippen molar-refractivity contribution >= 4 is 23.2 Å². The van der Waals surface area contributed by atoms with Crippen LogP contribution in [-0.2, 0) is 16.1 Å². The molecule has 32 heavy (non-hydrogen) atoms. The Balaban J connectivity index is 1.63. The van der Waals surface area contributed by atoms with Gasteiger partial charge in [0, 0.05) is 10.9 Å². The van der Waals surface area contributed by atoms with Crippen molar-refractivity contribution in [2.24, 2.45) is 5.92 Å². The lowest BCUT2D eigenvalue weighted by Crippen LogP contribution is -2.45. The molecule has 3 rings (SSSR count). The molecule has 0 unspecified atom stereocenters. The minimum Gasteiger partial charge on any atom is -0.493 e. The molecule has 1 N–H and O–H groups in total. The summed E-state index contributed by atoms with van der Waals surface area (Å²) in [5.74, 6) is 0.269. The van der Waals surface area contributed by atoms with E-state index in [9.17, 15) is 9.59 Å². The second-order valence-corrected chi connectivity index (χ2v) is 8.08. The number of hydrogen-bond acceptors (Lipinski definition) is 8. The van der Waals surface area contributed by atoms with Crippen LogP contribution in [0.2, 0.25) is 0 Å². The van der Waals surface area contributed by atoms with Crippen molar-refractivity contribution in [3.8, 4) is 22.1 Å². The van der Waals surface area contributed by atoms with Gasteiger partial charge in [-0.1, -0.05) is 13.8 Å². The minimum absolute atomic E-state index is 0.00331. The third-order valence-electron chi connectivity index (χ3n) is 4.58. The molecular formula is C23H26N2O6S. The van der Waals surface area contributed by atoms with E-state index in [4.69, 9.17) is 18.6 Å². The fraction of sp³-hybridized carbons (Fsp3) is 0.348. The molecule has 1 aromatic carbocycles. The lowest BCUT2D eigenvalue weighted by molar-refractivity contribution is -0.148. The standard InChI is InChI=1S/C23H26N2O6S/c1-5-29-17-9-8-15(11-19(17)28-4)22-24-16(13-32-22)12-31-23(27)20(14(2)3)25-21(26)18-7-6-10-30-18/h6-11,13-14,20H,5,12H2,1-4H3,(H,25,26)/t20-/m0/s1. The van der Waals surface area contributed by atoms with E-state index in [1.807, 2.05) is 44.4 Å². The highest BCUT2D eigenvalue weighted by molar-refractivity contribution is 7.13. The van der Waals surface area contributed by atoms with Crippen molar-refractivity contribution in [3.63, 3.8) is 0 Å². The van der Waals surface area contributed by atoms with Gasteiger partial charge in [-0.25, -0.2) is 9.78 Å². The number of aromatic nitrogens is 1. The Morgan fingerprint density at radius 3 is 2.69 bits per heavy atom. The number of esters is 1. The summed E-state index contributed by atoms with van der Waals surface area (Å²) in [5.41, 5.74) is 1.49. The maximum Gasteiger partial charge on any atom is 0.329 e. The fourth-order valence-corrected chi connectivity index (χ4v) is 3.74. The van der Waals surface area contributed by atoms with Crippen LogP contribution in [0.1, 0.15) is 37.0 Å². The van der Waals surface area contributed by atoms with E-state index in [-0.39, 0.29) is 18.3 Å². The number of carbonyl (C=O) groups excluding carboxylic acids is 2. The lowest BCUT2D eigenvalue weighted by atomic mass is 10.0. The highest BCUT2D eigenvalue weighted by Gasteiger charge is 2.27. The molecule has 0 aliphatic heterocycles. The first-order valence-corrected chi connectivity index (χ1v) is 11.1. The zero-order valence-electron chi connectivity index (χ0n) is 18.4. The molecule has 1 amide bonds. The molecule has 0 bridgehead atoms. The molecule has 1 atom stereocenters. The average molecular weight is 459 g/mol. The first kappa shape index (κ1) is 23.3. The van der Waals surface area contributed by atoms with Crippen LogP contribution in [0.3, 0.4) is 0 Å². The summed E-state index contributed by atoms with van der Waals surface area (Å²) in [7, 11) is 1.59. The number of furan rings is 1. The molecule has 0 saturated heterocycles. The predicted octanol–water partition coefficient (Wildman–Crippen LogP) is 4.31. The van der Waals surface area contributed by atoms with E-state index in [1.54, 1.807) is 13.2 Å². The third kappa shape index (κ3) is 5.67. The van der Waals surface area contributed by atoms with Crippen molar-refractivity contribution in [1.29, 1.82) is 0 Å². The Labute approximate surface area is 190 Å². The molecule has 9 heteroatoms. The molecule has 0 fully saturated rings. The van der Waals surface area contributed by atoms with Crippen molar-refractivity contribution in [1.82, 2.24) is 10.3 Å². The largest absolute Gasteiger partial charge is 0.493 e. The summed E-state index contributed by atoms with van der Waals surface area (Å²) < 4.78 is 21.4. The zero-order valence-corrected chi connectivity index (χ0v) is 19.2. The van der Waals surface area contributed by atoms with E-state index < -0.39 is 17.9 Å². The molecule has 2 aromatic heterocycles. The van der Waals surface area contributed by atoms with E-state index in [1.165, 1.54) is 23.7 Å². The number of amides is 1. The highest BCUT2D eigenvalue weighted by Crippen LogP contribution is 2.33. The summed E-state index contributed by atoms with van der Waals surface area (Å²) in [4.78, 5) is 29.4. The summed E-state index contributed by atoms with van der Waals surface area (Å²) in [5, 5.41) is 5.26. The molecule has 3 aromatic rings. The summed E-state index contributed by atoms with van der Waals surface area (Å²) >= 11 is 1.44. The Morgan fingerprint density at radius 1 is 1.22 bits per heavy atom. The average Bonchev–Trinajstić information content (AvgIpc) is 3.48. The SMILES string of the molecule is CCOc1ccc(-c2nc(COC(=O)[C@@H](NC(=O)c3ccco3)C(C)C)cs2)cc1OC. The Hall–Kier alpha value is -3.33. The van der Waals surface area contributed by atoms with Gasteiger partial charge in [-0.3, -0.25) is 4.79 Å². The molecule has 0 spiro atoms. The third-order valence-corrected chi connectivity index (χ3v) is 5.52. The molecule has 8 nitrogen and oxygen atoms in total. The first-order valence-electron chi connectivity index (χ1n) is 10.2. The molecule has 0 saturated carbocycles. The molecular weight excluding hydrogens is 432 g/mol. The van der Waals surface area contributed by atoms with Crippen LogP contribution in [-0.4, -0.2) is 36.6 Å². The minimum atomic E-state index is -0.805. The van der Waals surface area contributed by atoms with Gasteiger partial charge in [-0.2, -0.15) is 0 Å². The van der Waals surface area contributed by atoms with Gasteiger partial charge in [0.25, 0.3) is 5.91 Å². The summed E-state index contributed by atoms with van der Waals surface area (Å²) in [6.45, 7) is 6.11. The Morgan fingerprint density at radius 2 is 2.03 bits per heavy atom. The van der Waals surface area contributed by atoms with Gasteiger partial charge in [0.1, 0.15) is 17.7 Å². The fourth-order valence-electron chi connectivity index (χ4n) is 2.93. The Kier molecular flexibility index (Phi) is 7.88. The van der Waals surface area contributed by atoms with E-state index in [0.717, 1.165) is 10.6 Å². The van der Waals surface area contributed by atoms with E-state index >= 15 is 0 Å². The van der Waals surface area contributed by atoms with Crippen LogP contribution in [0.15, 0.2) is 46.4 Å². The zero-order chi connectivity index (χ0) is 23.1. The smallest absolute Gasteiger partial charge is 0.329 e. The van der Waals surface area contributed by atoms with Gasteiger partial charge >= 0.3 is 5.97 Å². The maximum atomic E-state index is 12.6. The number of rotatable bonds is 10. The molecule has 170 valence electrons. The molecule has 0 radical (unpaired) electrons. The number of nitrogens with one attached hydrogen (secondary N) is 1. The van der Waals surface area contributed by atoms with Crippen LogP contribution < -0.4 is 14.8 Å². The van der Waals surface area contributed by atoms with Crippen molar-refractivity contribution in [2.75, 3.05) is 13.7 Å². The monoisotopic (exact) mass is 458 g/mol. The topological polar surface area (TPSA) is 99.9 Å². The van der Waals surface area contributed by atoms with Gasteiger partial charge in [-0.15, -0.1) is 11.3 Å². The molecule has 2 heterocycles. The number of nitrogens with zero attached hydrogens (tertiary/aromatic N) is 1. The molecule has 0 aliphatic rings. The summed E-state index contributed by atoms with van der Waals surface area (Å²) in [6.07, 6.45) is 1.40. The van der Waals surface area contributed by atoms with Gasteiger partial charge in [-0.05, 0) is 43.2 Å². The van der Waals surface area contributed by atoms with Crippen molar-refractivity contribution in [2.45, 2.75) is 33.4 Å². The number of methoxy groups -OCH3 is 1. The quantitative estimate of drug-likeness (QED) is 0.452. The van der Waals surface area contributed by atoms with E-state index in [0.29, 0.717) is 23.8 Å². The first-order chi connectivity index (χ1) is 15.4. The van der Waals surface area contributed by atoms with Crippen LogP contribution >= 0.6 is 11.3 Å². The summed E-state index contributed by atoms with van der Waals surface area (Å²) in [6, 6.07) is 7.94. The van der Waals surface area contributed by atoms with Crippen LogP contribution in [0.4, 0.5) is 0 Å². The van der Waals surface area contributed by atoms with Crippen molar-refractivity contribution < 1.29 is 28.2 Å². The van der Waals surface area contributed by atoms with Gasteiger partial charge in [0.05, 0.1) is 25.7 Å². The number of thiazole rings is 1. The second-order valence-electron chi connectivity index (χ2n) is 7.22. The van der Waals surface area contributed by atoms with Crippen LogP contribution in [0.5, 0.6) is 11.5 Å². The van der Waals surface area contributed by atoms with Gasteiger partial charge < -0.3 is 23.9 Å². The number of carbonyl (C=O) groups is 2. The highest BCUT2D eigenvalue weighted by atomic mass is 32.1. The molecule has 0 aliphatic carbocycles. The van der Waals surface area contributed by atoms with E-state index in [2.05, 4.69) is 10.3 Å². The maximum absolute atomic E-state index is 12.6. The second kappa shape index (κ2) is 10.8. The van der Waals surface area contributed by atoms with Crippen LogP contribution in [0, 0.1) is 5.92 Å². The van der Waals surface area contributed by atoms with Gasteiger partial charge in [0.15, 0.2) is 17.3 Å². The number of ether oxygens (including phenoxy) is 3.